The summed E-state index contributed by atoms with van der Waals surface area (Å²) in [5.74, 6) is 0.814. The fraction of sp³-hybridized carbons (Fsp3) is 0.417. The predicted octanol–water partition coefficient (Wildman–Crippen LogP) is 2.06. The second kappa shape index (κ2) is 4.82. The molecule has 0 aliphatic carbocycles. The average Bonchev–Trinajstić information content (AvgIpc) is 2.17. The first-order chi connectivity index (χ1) is 7.10. The highest BCUT2D eigenvalue weighted by molar-refractivity contribution is 5.94. The maximum Gasteiger partial charge on any atom is 0.251 e. The van der Waals surface area contributed by atoms with Crippen molar-refractivity contribution >= 4 is 5.91 Å². The number of carbonyl (C=O) groups excluding carboxylic acids is 1. The zero-order chi connectivity index (χ0) is 11.4. The maximum atomic E-state index is 11.6. The van der Waals surface area contributed by atoms with E-state index in [9.17, 15) is 4.79 Å². The summed E-state index contributed by atoms with van der Waals surface area (Å²) in [5, 5.41) is 2.77. The molecule has 3 heteroatoms. The van der Waals surface area contributed by atoms with Crippen molar-refractivity contribution in [1.29, 1.82) is 0 Å². The zero-order valence-corrected chi connectivity index (χ0v) is 9.68. The molecule has 0 bridgehead atoms. The summed E-state index contributed by atoms with van der Waals surface area (Å²) in [5.41, 5.74) is 2.66. The van der Waals surface area contributed by atoms with Gasteiger partial charge < -0.3 is 10.1 Å². The molecule has 1 aromatic carbocycles. The van der Waals surface area contributed by atoms with Gasteiger partial charge in [-0.1, -0.05) is 0 Å². The van der Waals surface area contributed by atoms with Crippen LogP contribution in [-0.2, 0) is 0 Å². The molecule has 15 heavy (non-hydrogen) atoms. The molecule has 0 fully saturated rings. The number of nitrogens with one attached hydrogen (secondary N) is 1. The van der Waals surface area contributed by atoms with Crippen LogP contribution in [0.4, 0.5) is 0 Å². The number of rotatable bonds is 3. The molecule has 0 heterocycles. The minimum atomic E-state index is -0.0358. The van der Waals surface area contributed by atoms with Gasteiger partial charge in [-0.05, 0) is 44.0 Å². The van der Waals surface area contributed by atoms with Crippen LogP contribution in [0.5, 0.6) is 5.75 Å². The Kier molecular flexibility index (Phi) is 3.72. The smallest absolute Gasteiger partial charge is 0.251 e. The van der Waals surface area contributed by atoms with Crippen LogP contribution < -0.4 is 10.1 Å². The fourth-order valence-electron chi connectivity index (χ4n) is 1.67. The first kappa shape index (κ1) is 11.6. The molecule has 0 saturated carbocycles. The minimum absolute atomic E-state index is 0.0358. The van der Waals surface area contributed by atoms with Gasteiger partial charge in [-0.3, -0.25) is 4.79 Å². The number of aryl methyl sites for hydroxylation is 2. The number of methoxy groups -OCH3 is 1. The molecule has 0 saturated heterocycles. The first-order valence-corrected chi connectivity index (χ1v) is 5.03. The van der Waals surface area contributed by atoms with E-state index in [4.69, 9.17) is 4.74 Å². The van der Waals surface area contributed by atoms with Crippen molar-refractivity contribution < 1.29 is 9.53 Å². The molecule has 0 radical (unpaired) electrons. The Bertz CT molecular complexity index is 349. The van der Waals surface area contributed by atoms with E-state index in [2.05, 4.69) is 5.32 Å². The van der Waals surface area contributed by atoms with Crippen LogP contribution in [0.1, 0.15) is 28.4 Å². The van der Waals surface area contributed by atoms with Crippen molar-refractivity contribution in [2.45, 2.75) is 20.8 Å². The van der Waals surface area contributed by atoms with Crippen LogP contribution in [-0.4, -0.2) is 19.6 Å². The van der Waals surface area contributed by atoms with Crippen molar-refractivity contribution in [3.63, 3.8) is 0 Å². The number of hydrogen-bond acceptors (Lipinski definition) is 2. The van der Waals surface area contributed by atoms with Crippen LogP contribution >= 0.6 is 0 Å². The molecule has 0 aliphatic heterocycles. The van der Waals surface area contributed by atoms with E-state index < -0.39 is 0 Å². The number of hydrogen-bond donors (Lipinski definition) is 1. The third-order valence-corrected chi connectivity index (χ3v) is 2.26. The van der Waals surface area contributed by atoms with Gasteiger partial charge in [0, 0.05) is 12.1 Å². The van der Waals surface area contributed by atoms with Crippen LogP contribution in [0.15, 0.2) is 12.1 Å². The maximum absolute atomic E-state index is 11.6. The van der Waals surface area contributed by atoms with E-state index >= 15 is 0 Å². The Morgan fingerprint density at radius 2 is 1.87 bits per heavy atom. The quantitative estimate of drug-likeness (QED) is 0.824. The first-order valence-electron chi connectivity index (χ1n) is 5.03. The zero-order valence-electron chi connectivity index (χ0n) is 9.68. The van der Waals surface area contributed by atoms with Gasteiger partial charge in [0.05, 0.1) is 7.11 Å². The van der Waals surface area contributed by atoms with Gasteiger partial charge in [0.1, 0.15) is 5.75 Å². The summed E-state index contributed by atoms with van der Waals surface area (Å²) in [4.78, 5) is 11.6. The van der Waals surface area contributed by atoms with Gasteiger partial charge in [0.2, 0.25) is 0 Å². The van der Waals surface area contributed by atoms with E-state index in [1.807, 2.05) is 32.9 Å². The van der Waals surface area contributed by atoms with Gasteiger partial charge in [0.15, 0.2) is 0 Å². The molecular formula is C12H17NO2. The van der Waals surface area contributed by atoms with Crippen molar-refractivity contribution in [2.24, 2.45) is 0 Å². The van der Waals surface area contributed by atoms with Crippen molar-refractivity contribution in [3.05, 3.63) is 28.8 Å². The van der Waals surface area contributed by atoms with E-state index in [0.717, 1.165) is 16.9 Å². The molecule has 1 aromatic rings. The Labute approximate surface area is 90.4 Å². The van der Waals surface area contributed by atoms with Gasteiger partial charge in [-0.15, -0.1) is 0 Å². The van der Waals surface area contributed by atoms with Crippen molar-refractivity contribution in [1.82, 2.24) is 5.32 Å². The second-order valence-corrected chi connectivity index (χ2v) is 3.50. The van der Waals surface area contributed by atoms with Gasteiger partial charge in [-0.25, -0.2) is 0 Å². The summed E-state index contributed by atoms with van der Waals surface area (Å²) in [7, 11) is 1.64. The summed E-state index contributed by atoms with van der Waals surface area (Å²) in [6.07, 6.45) is 0. The SMILES string of the molecule is CCNC(=O)c1cc(C)c(OC)c(C)c1. The Morgan fingerprint density at radius 3 is 2.27 bits per heavy atom. The summed E-state index contributed by atoms with van der Waals surface area (Å²) >= 11 is 0. The molecule has 0 unspecified atom stereocenters. The standard InChI is InChI=1S/C12H17NO2/c1-5-13-12(14)10-6-8(2)11(15-4)9(3)7-10/h6-7H,5H2,1-4H3,(H,13,14). The summed E-state index contributed by atoms with van der Waals surface area (Å²) < 4.78 is 5.24. The van der Waals surface area contributed by atoms with Crippen molar-refractivity contribution in [2.75, 3.05) is 13.7 Å². The predicted molar refractivity (Wildman–Crippen MR) is 60.5 cm³/mol. The lowest BCUT2D eigenvalue weighted by molar-refractivity contribution is 0.0955. The lowest BCUT2D eigenvalue weighted by Crippen LogP contribution is -2.22. The lowest BCUT2D eigenvalue weighted by Gasteiger charge is -2.10. The number of ether oxygens (including phenoxy) is 1. The van der Waals surface area contributed by atoms with Crippen molar-refractivity contribution in [3.8, 4) is 5.75 Å². The molecule has 0 aliphatic rings. The fourth-order valence-corrected chi connectivity index (χ4v) is 1.67. The average molecular weight is 207 g/mol. The Balaban J connectivity index is 3.08. The Hall–Kier alpha value is -1.51. The van der Waals surface area contributed by atoms with Gasteiger partial charge in [-0.2, -0.15) is 0 Å². The van der Waals surface area contributed by atoms with E-state index in [1.165, 1.54) is 0 Å². The van der Waals surface area contributed by atoms with Crippen LogP contribution in [0.25, 0.3) is 0 Å². The normalized spacial score (nSPS) is 9.87. The number of amides is 1. The third kappa shape index (κ3) is 2.49. The third-order valence-electron chi connectivity index (χ3n) is 2.26. The molecule has 0 spiro atoms. The van der Waals surface area contributed by atoms with E-state index in [0.29, 0.717) is 12.1 Å². The summed E-state index contributed by atoms with van der Waals surface area (Å²) in [6.45, 7) is 6.42. The number of benzene rings is 1. The topological polar surface area (TPSA) is 38.3 Å². The van der Waals surface area contributed by atoms with Crippen LogP contribution in [0.2, 0.25) is 0 Å². The molecule has 1 N–H and O–H groups in total. The monoisotopic (exact) mass is 207 g/mol. The highest BCUT2D eigenvalue weighted by atomic mass is 16.5. The molecule has 82 valence electrons. The molecule has 3 nitrogen and oxygen atoms in total. The number of carbonyl (C=O) groups is 1. The molecule has 1 amide bonds. The van der Waals surface area contributed by atoms with Crippen LogP contribution in [0.3, 0.4) is 0 Å². The molecule has 0 atom stereocenters. The summed E-state index contributed by atoms with van der Waals surface area (Å²) in [6, 6.07) is 3.69. The second-order valence-electron chi connectivity index (χ2n) is 3.50. The highest BCUT2D eigenvalue weighted by Crippen LogP contribution is 2.24. The van der Waals surface area contributed by atoms with E-state index in [1.54, 1.807) is 7.11 Å². The van der Waals surface area contributed by atoms with Crippen LogP contribution in [0, 0.1) is 13.8 Å². The largest absolute Gasteiger partial charge is 0.496 e. The lowest BCUT2D eigenvalue weighted by atomic mass is 10.1. The highest BCUT2D eigenvalue weighted by Gasteiger charge is 2.09. The van der Waals surface area contributed by atoms with E-state index in [-0.39, 0.29) is 5.91 Å². The molecule has 1 rings (SSSR count). The Morgan fingerprint density at radius 1 is 1.33 bits per heavy atom. The van der Waals surface area contributed by atoms with Gasteiger partial charge in [0.25, 0.3) is 5.91 Å². The van der Waals surface area contributed by atoms with Gasteiger partial charge >= 0.3 is 0 Å². The molecular weight excluding hydrogens is 190 g/mol. The minimum Gasteiger partial charge on any atom is -0.496 e. The molecule has 0 aromatic heterocycles.